The molecule has 0 radical (unpaired) electrons. The molecule has 1 heterocycles. The number of benzene rings is 2. The maximum atomic E-state index is 12.9. The van der Waals surface area contributed by atoms with Crippen LogP contribution >= 0.6 is 0 Å². The Morgan fingerprint density at radius 3 is 2.44 bits per heavy atom. The van der Waals surface area contributed by atoms with Gasteiger partial charge in [-0.15, -0.1) is 0 Å². The largest absolute Gasteiger partial charge is 0.489 e. The first kappa shape index (κ1) is 22.7. The van der Waals surface area contributed by atoms with Gasteiger partial charge in [0, 0.05) is 52.4 Å². The minimum atomic E-state index is -1.01. The second-order valence-corrected chi connectivity index (χ2v) is 10.5. The zero-order chi connectivity index (χ0) is 24.7. The third kappa shape index (κ3) is 4.21. The van der Waals surface area contributed by atoms with E-state index in [2.05, 4.69) is 28.2 Å². The molecule has 0 aliphatic heterocycles. The van der Waals surface area contributed by atoms with Crippen molar-refractivity contribution in [2.45, 2.75) is 44.1 Å². The molecule has 4 aliphatic rings. The third-order valence-electron chi connectivity index (χ3n) is 8.13. The molecule has 0 saturated heterocycles. The van der Waals surface area contributed by atoms with Crippen molar-refractivity contribution in [1.82, 2.24) is 9.97 Å². The number of aliphatic carboxylic acids is 1. The van der Waals surface area contributed by atoms with Gasteiger partial charge in [0.25, 0.3) is 0 Å². The third-order valence-corrected chi connectivity index (χ3v) is 8.13. The van der Waals surface area contributed by atoms with Crippen LogP contribution in [0.15, 0.2) is 67.0 Å². The number of ketones is 1. The Morgan fingerprint density at radius 2 is 1.75 bits per heavy atom. The van der Waals surface area contributed by atoms with Gasteiger partial charge in [-0.3, -0.25) is 4.79 Å². The first-order valence-electron chi connectivity index (χ1n) is 12.6. The molecule has 6 heteroatoms. The SMILES string of the molecule is O=C(O)/C=C/c1cnc(-c2ccc(OCc3ccccc3)c(C34CC5CC(C3)C(=O)C(C5)C4)c2)nc1. The summed E-state index contributed by atoms with van der Waals surface area (Å²) >= 11 is 0. The van der Waals surface area contributed by atoms with Gasteiger partial charge in [0.1, 0.15) is 18.1 Å². The van der Waals surface area contributed by atoms with E-state index < -0.39 is 5.97 Å². The van der Waals surface area contributed by atoms with Crippen molar-refractivity contribution in [1.29, 1.82) is 0 Å². The molecule has 6 nitrogen and oxygen atoms in total. The Morgan fingerprint density at radius 1 is 1.03 bits per heavy atom. The molecule has 4 fully saturated rings. The number of carbonyl (C=O) groups is 2. The quantitative estimate of drug-likeness (QED) is 0.451. The first-order chi connectivity index (χ1) is 17.5. The van der Waals surface area contributed by atoms with Crippen molar-refractivity contribution < 1.29 is 19.4 Å². The van der Waals surface area contributed by atoms with Gasteiger partial charge in [0.2, 0.25) is 0 Å². The molecule has 2 unspecified atom stereocenters. The monoisotopic (exact) mass is 480 g/mol. The van der Waals surface area contributed by atoms with Crippen LogP contribution in [0.3, 0.4) is 0 Å². The molecule has 2 atom stereocenters. The number of Topliss-reactive ketones (excluding diaryl/α,β-unsaturated/α-hetero) is 1. The van der Waals surface area contributed by atoms with Gasteiger partial charge in [0.15, 0.2) is 5.82 Å². The predicted octanol–water partition coefficient (Wildman–Crippen LogP) is 5.47. The molecule has 0 spiro atoms. The van der Waals surface area contributed by atoms with Gasteiger partial charge in [-0.05, 0) is 67.9 Å². The van der Waals surface area contributed by atoms with Gasteiger partial charge < -0.3 is 9.84 Å². The number of carbonyl (C=O) groups excluding carboxylic acids is 1. The standard InChI is InChI=1S/C30H28N2O4/c33-27(34)9-6-20-16-31-29(32-17-20)22-7-8-26(36-18-19-4-2-1-3-5-19)25(12-22)30-13-21-10-23(14-30)28(35)24(11-21)15-30/h1-9,12,16-17,21,23-24H,10-11,13-15,18H2,(H,33,34)/b9-6+. The van der Waals surface area contributed by atoms with Gasteiger partial charge >= 0.3 is 5.97 Å². The van der Waals surface area contributed by atoms with E-state index in [1.165, 1.54) is 11.6 Å². The number of hydrogen-bond acceptors (Lipinski definition) is 5. The molecule has 182 valence electrons. The number of nitrogens with zero attached hydrogens (tertiary/aromatic N) is 2. The zero-order valence-corrected chi connectivity index (χ0v) is 20.0. The van der Waals surface area contributed by atoms with Crippen LogP contribution in [0.2, 0.25) is 0 Å². The normalized spacial score (nSPS) is 26.4. The summed E-state index contributed by atoms with van der Waals surface area (Å²) in [5.41, 5.74) is 3.75. The number of aromatic nitrogens is 2. The van der Waals surface area contributed by atoms with E-state index in [0.717, 1.165) is 55.1 Å². The Balaban J connectivity index is 1.36. The summed E-state index contributed by atoms with van der Waals surface area (Å²) in [6.45, 7) is 0.486. The highest BCUT2D eigenvalue weighted by molar-refractivity contribution is 5.86. The highest BCUT2D eigenvalue weighted by Crippen LogP contribution is 2.61. The highest BCUT2D eigenvalue weighted by Gasteiger charge is 2.56. The maximum Gasteiger partial charge on any atom is 0.328 e. The molecule has 36 heavy (non-hydrogen) atoms. The fraction of sp³-hybridized carbons (Fsp3) is 0.333. The number of rotatable bonds is 7. The molecule has 4 aliphatic carbocycles. The molecule has 3 aromatic rings. The smallest absolute Gasteiger partial charge is 0.328 e. The summed E-state index contributed by atoms with van der Waals surface area (Å²) in [7, 11) is 0. The number of ether oxygens (including phenoxy) is 1. The molecule has 0 amide bonds. The predicted molar refractivity (Wildman–Crippen MR) is 135 cm³/mol. The highest BCUT2D eigenvalue weighted by atomic mass is 16.5. The van der Waals surface area contributed by atoms with E-state index in [1.54, 1.807) is 12.4 Å². The molecule has 1 N–H and O–H groups in total. The Kier molecular flexibility index (Phi) is 5.67. The molecular formula is C30H28N2O4. The topological polar surface area (TPSA) is 89.4 Å². The van der Waals surface area contributed by atoms with Gasteiger partial charge in [0.05, 0.1) is 0 Å². The van der Waals surface area contributed by atoms with Crippen LogP contribution in [-0.2, 0) is 21.6 Å². The Labute approximate surface area is 210 Å². The number of carboxylic acids is 1. The van der Waals surface area contributed by atoms with E-state index >= 15 is 0 Å². The lowest BCUT2D eigenvalue weighted by Gasteiger charge is -2.56. The fourth-order valence-electron chi connectivity index (χ4n) is 6.76. The summed E-state index contributed by atoms with van der Waals surface area (Å²) in [6, 6.07) is 16.3. The number of carboxylic acid groups (broad SMARTS) is 1. The minimum absolute atomic E-state index is 0.0589. The van der Waals surface area contributed by atoms with E-state index in [1.807, 2.05) is 30.3 Å². The molecule has 1 aromatic heterocycles. The van der Waals surface area contributed by atoms with E-state index in [0.29, 0.717) is 29.7 Å². The van der Waals surface area contributed by atoms with Crippen molar-refractivity contribution in [2.75, 3.05) is 0 Å². The van der Waals surface area contributed by atoms with Crippen LogP contribution in [0.5, 0.6) is 5.75 Å². The van der Waals surface area contributed by atoms with Crippen LogP contribution in [0, 0.1) is 17.8 Å². The average Bonchev–Trinajstić information content (AvgIpc) is 2.89. The lowest BCUT2D eigenvalue weighted by atomic mass is 9.47. The lowest BCUT2D eigenvalue weighted by molar-refractivity contribution is -0.142. The summed E-state index contributed by atoms with van der Waals surface area (Å²) < 4.78 is 6.41. The molecule has 4 saturated carbocycles. The Bertz CT molecular complexity index is 1310. The van der Waals surface area contributed by atoms with Crippen molar-refractivity contribution in [3.05, 3.63) is 83.7 Å². The minimum Gasteiger partial charge on any atom is -0.489 e. The maximum absolute atomic E-state index is 12.9. The molecule has 4 bridgehead atoms. The van der Waals surface area contributed by atoms with E-state index in [9.17, 15) is 9.59 Å². The van der Waals surface area contributed by atoms with Gasteiger partial charge in [-0.1, -0.05) is 30.3 Å². The van der Waals surface area contributed by atoms with E-state index in [-0.39, 0.29) is 17.3 Å². The summed E-state index contributed by atoms with van der Waals surface area (Å²) in [6.07, 6.45) is 10.8. The second kappa shape index (κ2) is 9.01. The summed E-state index contributed by atoms with van der Waals surface area (Å²) in [5.74, 6) is 1.85. The molecule has 7 rings (SSSR count). The number of hydrogen-bond donors (Lipinski definition) is 1. The lowest BCUT2D eigenvalue weighted by Crippen LogP contribution is -2.53. The first-order valence-corrected chi connectivity index (χ1v) is 12.6. The fourth-order valence-corrected chi connectivity index (χ4v) is 6.76. The average molecular weight is 481 g/mol. The van der Waals surface area contributed by atoms with Crippen LogP contribution in [0.1, 0.15) is 48.8 Å². The van der Waals surface area contributed by atoms with Crippen molar-refractivity contribution >= 4 is 17.8 Å². The zero-order valence-electron chi connectivity index (χ0n) is 20.0. The van der Waals surface area contributed by atoms with E-state index in [4.69, 9.17) is 9.84 Å². The summed E-state index contributed by atoms with van der Waals surface area (Å²) in [4.78, 5) is 32.7. The van der Waals surface area contributed by atoms with Gasteiger partial charge in [-0.2, -0.15) is 0 Å². The van der Waals surface area contributed by atoms with Gasteiger partial charge in [-0.25, -0.2) is 14.8 Å². The molecule has 2 aromatic carbocycles. The van der Waals surface area contributed by atoms with Crippen molar-refractivity contribution in [3.63, 3.8) is 0 Å². The van der Waals surface area contributed by atoms with Crippen LogP contribution in [-0.4, -0.2) is 26.8 Å². The van der Waals surface area contributed by atoms with Crippen molar-refractivity contribution in [3.8, 4) is 17.1 Å². The van der Waals surface area contributed by atoms with Crippen molar-refractivity contribution in [2.24, 2.45) is 17.8 Å². The second-order valence-electron chi connectivity index (χ2n) is 10.5. The Hall–Kier alpha value is -3.80. The van der Waals surface area contributed by atoms with Crippen LogP contribution in [0.25, 0.3) is 17.5 Å². The summed E-state index contributed by atoms with van der Waals surface area (Å²) in [5, 5.41) is 8.85. The molecular weight excluding hydrogens is 452 g/mol. The van der Waals surface area contributed by atoms with Crippen LogP contribution < -0.4 is 4.74 Å². The van der Waals surface area contributed by atoms with Crippen LogP contribution in [0.4, 0.5) is 0 Å².